The molecule has 2 rings (SSSR count). The van der Waals surface area contributed by atoms with E-state index in [1.807, 2.05) is 0 Å². The van der Waals surface area contributed by atoms with Gasteiger partial charge in [-0.3, -0.25) is 0 Å². The fraction of sp³-hybridized carbons (Fsp3) is 1.00. The molecule has 2 nitrogen and oxygen atoms in total. The van der Waals surface area contributed by atoms with Gasteiger partial charge in [0.2, 0.25) is 0 Å². The minimum absolute atomic E-state index is 0.236. The van der Waals surface area contributed by atoms with Crippen molar-refractivity contribution in [3.05, 3.63) is 0 Å². The van der Waals surface area contributed by atoms with Crippen LogP contribution in [0, 0.1) is 16.2 Å². The first-order valence-corrected chi connectivity index (χ1v) is 6.40. The Morgan fingerprint density at radius 3 is 1.44 bits per heavy atom. The maximum atomic E-state index is 5.80. The Morgan fingerprint density at radius 1 is 0.750 bits per heavy atom. The highest BCUT2D eigenvalue weighted by molar-refractivity contribution is 5.11. The highest BCUT2D eigenvalue weighted by Crippen LogP contribution is 2.68. The van der Waals surface area contributed by atoms with Crippen LogP contribution in [0.5, 0.6) is 0 Å². The second kappa shape index (κ2) is 3.23. The molecule has 2 heteroatoms. The molecule has 1 aliphatic heterocycles. The van der Waals surface area contributed by atoms with Crippen molar-refractivity contribution in [3.63, 3.8) is 0 Å². The first-order valence-electron chi connectivity index (χ1n) is 6.40. The van der Waals surface area contributed by atoms with Crippen LogP contribution in [0.3, 0.4) is 0 Å². The molecule has 0 atom stereocenters. The lowest BCUT2D eigenvalue weighted by Crippen LogP contribution is -2.63. The van der Waals surface area contributed by atoms with Gasteiger partial charge in [-0.25, -0.2) is 0 Å². The molecule has 1 saturated carbocycles. The Bertz CT molecular complexity index is 250. The Hall–Kier alpha value is -0.0800. The van der Waals surface area contributed by atoms with Crippen LogP contribution in [0.25, 0.3) is 0 Å². The summed E-state index contributed by atoms with van der Waals surface area (Å²) in [7, 11) is 0. The van der Waals surface area contributed by atoms with Crippen LogP contribution in [0.2, 0.25) is 0 Å². The lowest BCUT2D eigenvalue weighted by molar-refractivity contribution is -0.311. The van der Waals surface area contributed by atoms with Gasteiger partial charge < -0.3 is 9.47 Å². The van der Waals surface area contributed by atoms with Gasteiger partial charge in [0.1, 0.15) is 0 Å². The summed E-state index contributed by atoms with van der Waals surface area (Å²) in [5.41, 5.74) is 0.919. The van der Waals surface area contributed by atoms with E-state index in [2.05, 4.69) is 41.5 Å². The van der Waals surface area contributed by atoms with Crippen LogP contribution >= 0.6 is 0 Å². The van der Waals surface area contributed by atoms with E-state index in [1.54, 1.807) is 0 Å². The van der Waals surface area contributed by atoms with Crippen molar-refractivity contribution in [2.75, 3.05) is 13.2 Å². The molecule has 0 aromatic heterocycles. The molecular formula is C14H26O2. The number of hydrogen-bond donors (Lipinski definition) is 0. The third-order valence-corrected chi connectivity index (χ3v) is 4.83. The van der Waals surface area contributed by atoms with Gasteiger partial charge in [0, 0.05) is 12.8 Å². The van der Waals surface area contributed by atoms with Gasteiger partial charge in [-0.2, -0.15) is 0 Å². The Labute approximate surface area is 99.7 Å². The fourth-order valence-corrected chi connectivity index (χ4v) is 3.75. The van der Waals surface area contributed by atoms with Crippen LogP contribution in [-0.4, -0.2) is 19.0 Å². The zero-order valence-corrected chi connectivity index (χ0v) is 11.6. The molecule has 0 amide bonds. The minimum atomic E-state index is -0.236. The average molecular weight is 226 g/mol. The van der Waals surface area contributed by atoms with Gasteiger partial charge in [0.25, 0.3) is 0 Å². The summed E-state index contributed by atoms with van der Waals surface area (Å²) < 4.78 is 11.6. The molecular weight excluding hydrogens is 200 g/mol. The van der Waals surface area contributed by atoms with Crippen molar-refractivity contribution < 1.29 is 9.47 Å². The van der Waals surface area contributed by atoms with E-state index < -0.39 is 0 Å². The molecule has 0 aromatic carbocycles. The van der Waals surface area contributed by atoms with Gasteiger partial charge in [-0.05, 0) is 16.2 Å². The first kappa shape index (κ1) is 12.4. The molecule has 0 N–H and O–H groups in total. The van der Waals surface area contributed by atoms with Crippen LogP contribution in [0.15, 0.2) is 0 Å². The van der Waals surface area contributed by atoms with Gasteiger partial charge in [0.05, 0.1) is 13.2 Å². The number of hydrogen-bond acceptors (Lipinski definition) is 2. The summed E-state index contributed by atoms with van der Waals surface area (Å²) in [6, 6.07) is 0. The zero-order valence-electron chi connectivity index (χ0n) is 11.6. The van der Waals surface area contributed by atoms with E-state index >= 15 is 0 Å². The molecule has 1 spiro atoms. The predicted octanol–water partition coefficient (Wildman–Crippen LogP) is 3.60. The second-order valence-electron chi connectivity index (χ2n) is 7.54. The van der Waals surface area contributed by atoms with Crippen LogP contribution < -0.4 is 0 Å². The van der Waals surface area contributed by atoms with Gasteiger partial charge >= 0.3 is 0 Å². The molecule has 2 aliphatic rings. The Kier molecular flexibility index (Phi) is 2.50. The van der Waals surface area contributed by atoms with Crippen molar-refractivity contribution in [3.8, 4) is 0 Å². The summed E-state index contributed by atoms with van der Waals surface area (Å²) in [5.74, 6) is -0.236. The van der Waals surface area contributed by atoms with E-state index in [0.29, 0.717) is 16.2 Å². The largest absolute Gasteiger partial charge is 0.347 e. The van der Waals surface area contributed by atoms with Gasteiger partial charge in [-0.1, -0.05) is 41.5 Å². The molecule has 2 fully saturated rings. The van der Waals surface area contributed by atoms with E-state index in [0.717, 1.165) is 26.1 Å². The molecule has 0 aromatic rings. The van der Waals surface area contributed by atoms with Crippen molar-refractivity contribution in [2.24, 2.45) is 16.2 Å². The van der Waals surface area contributed by atoms with E-state index in [1.165, 1.54) is 0 Å². The molecule has 16 heavy (non-hydrogen) atoms. The van der Waals surface area contributed by atoms with Crippen LogP contribution in [-0.2, 0) is 9.47 Å². The quantitative estimate of drug-likeness (QED) is 0.628. The summed E-state index contributed by atoms with van der Waals surface area (Å²) in [5, 5.41) is 0. The Balaban J connectivity index is 2.22. The van der Waals surface area contributed by atoms with Crippen molar-refractivity contribution in [1.82, 2.24) is 0 Å². The second-order valence-corrected chi connectivity index (χ2v) is 7.54. The minimum Gasteiger partial charge on any atom is -0.347 e. The van der Waals surface area contributed by atoms with Crippen molar-refractivity contribution in [1.29, 1.82) is 0 Å². The van der Waals surface area contributed by atoms with Gasteiger partial charge in [-0.15, -0.1) is 0 Å². The molecule has 0 radical (unpaired) electrons. The number of ether oxygens (including phenoxy) is 2. The van der Waals surface area contributed by atoms with E-state index in [9.17, 15) is 0 Å². The summed E-state index contributed by atoms with van der Waals surface area (Å²) in [4.78, 5) is 0. The average Bonchev–Trinajstić information content (AvgIpc) is 2.42. The SMILES string of the molecule is CC(C)(C)C1(C(C)(C)C)CC2(C1)OCCO2. The molecule has 1 heterocycles. The lowest BCUT2D eigenvalue weighted by atomic mass is 9.43. The third kappa shape index (κ3) is 1.53. The summed E-state index contributed by atoms with van der Waals surface area (Å²) in [6.45, 7) is 15.6. The molecule has 0 bridgehead atoms. The Morgan fingerprint density at radius 2 is 1.12 bits per heavy atom. The zero-order chi connectivity index (χ0) is 12.2. The normalized spacial score (nSPS) is 28.1. The monoisotopic (exact) mass is 226 g/mol. The topological polar surface area (TPSA) is 18.5 Å². The highest BCUT2D eigenvalue weighted by Gasteiger charge is 2.66. The molecule has 94 valence electrons. The van der Waals surface area contributed by atoms with E-state index in [-0.39, 0.29) is 5.79 Å². The maximum absolute atomic E-state index is 5.80. The molecule has 1 aliphatic carbocycles. The van der Waals surface area contributed by atoms with Gasteiger partial charge in [0.15, 0.2) is 5.79 Å². The van der Waals surface area contributed by atoms with Crippen LogP contribution in [0.4, 0.5) is 0 Å². The molecule has 0 unspecified atom stereocenters. The molecule has 1 saturated heterocycles. The van der Waals surface area contributed by atoms with Crippen molar-refractivity contribution in [2.45, 2.75) is 60.2 Å². The summed E-state index contributed by atoms with van der Waals surface area (Å²) in [6.07, 6.45) is 2.10. The first-order chi connectivity index (χ1) is 7.12. The van der Waals surface area contributed by atoms with Crippen molar-refractivity contribution >= 4 is 0 Å². The van der Waals surface area contributed by atoms with Crippen LogP contribution in [0.1, 0.15) is 54.4 Å². The third-order valence-electron chi connectivity index (χ3n) is 4.83. The smallest absolute Gasteiger partial charge is 0.169 e. The number of rotatable bonds is 0. The predicted molar refractivity (Wildman–Crippen MR) is 65.2 cm³/mol. The van der Waals surface area contributed by atoms with E-state index in [4.69, 9.17) is 9.47 Å². The fourth-order valence-electron chi connectivity index (χ4n) is 3.75. The maximum Gasteiger partial charge on any atom is 0.169 e. The summed E-state index contributed by atoms with van der Waals surface area (Å²) >= 11 is 0. The standard InChI is InChI=1S/C14H26O2/c1-11(2,3)13(12(4,5)6)9-14(10-13)15-7-8-16-14/h7-10H2,1-6H3. The highest BCUT2D eigenvalue weighted by atomic mass is 16.7. The lowest BCUT2D eigenvalue weighted by Gasteiger charge is -2.65.